The molecule has 0 saturated heterocycles. The standard InChI is InChI=1S/C16H19FN2O2/c1-9(2)18-7-10(3)8-19-14-11(4)5-12(17)6-13(14)15(20)16(19)21/h5-6,9,18H,3,7-8H2,1-2,4H3. The van der Waals surface area contributed by atoms with Crippen LogP contribution in [0.1, 0.15) is 29.8 Å². The van der Waals surface area contributed by atoms with E-state index in [1.54, 1.807) is 6.92 Å². The third-order valence-electron chi connectivity index (χ3n) is 3.36. The van der Waals surface area contributed by atoms with Crippen molar-refractivity contribution < 1.29 is 14.0 Å². The summed E-state index contributed by atoms with van der Waals surface area (Å²) in [6, 6.07) is 2.76. The minimum Gasteiger partial charge on any atom is -0.311 e. The molecule has 1 aliphatic rings. The number of hydrogen-bond donors (Lipinski definition) is 1. The molecule has 1 amide bonds. The van der Waals surface area contributed by atoms with Crippen LogP contribution in [-0.4, -0.2) is 30.8 Å². The summed E-state index contributed by atoms with van der Waals surface area (Å²) in [5.41, 5.74) is 2.01. The van der Waals surface area contributed by atoms with Crippen molar-refractivity contribution in [2.75, 3.05) is 18.0 Å². The van der Waals surface area contributed by atoms with Crippen LogP contribution in [0, 0.1) is 12.7 Å². The molecule has 0 saturated carbocycles. The number of halogens is 1. The largest absolute Gasteiger partial charge is 0.311 e. The number of hydrogen-bond acceptors (Lipinski definition) is 3. The predicted octanol–water partition coefficient (Wildman–Crippen LogP) is 2.22. The lowest BCUT2D eigenvalue weighted by Crippen LogP contribution is -2.35. The zero-order chi connectivity index (χ0) is 15.7. The van der Waals surface area contributed by atoms with Gasteiger partial charge < -0.3 is 10.2 Å². The molecule has 1 aromatic rings. The molecule has 1 heterocycles. The first kappa shape index (κ1) is 15.4. The van der Waals surface area contributed by atoms with E-state index in [9.17, 15) is 14.0 Å². The topological polar surface area (TPSA) is 49.4 Å². The lowest BCUT2D eigenvalue weighted by atomic mass is 10.1. The summed E-state index contributed by atoms with van der Waals surface area (Å²) >= 11 is 0. The number of fused-ring (bicyclic) bond motifs is 1. The molecule has 0 atom stereocenters. The molecular weight excluding hydrogens is 271 g/mol. The van der Waals surface area contributed by atoms with Crippen LogP contribution in [0.15, 0.2) is 24.3 Å². The molecule has 0 aliphatic carbocycles. The highest BCUT2D eigenvalue weighted by Gasteiger charge is 2.37. The zero-order valence-electron chi connectivity index (χ0n) is 12.5. The molecule has 0 bridgehead atoms. The molecule has 0 radical (unpaired) electrons. The average molecular weight is 290 g/mol. The fourth-order valence-electron chi connectivity index (χ4n) is 2.39. The van der Waals surface area contributed by atoms with E-state index < -0.39 is 17.5 Å². The summed E-state index contributed by atoms with van der Waals surface area (Å²) < 4.78 is 13.4. The van der Waals surface area contributed by atoms with Crippen LogP contribution in [0.25, 0.3) is 0 Å². The number of aryl methyl sites for hydroxylation is 1. The molecule has 0 spiro atoms. The number of nitrogens with zero attached hydrogens (tertiary/aromatic N) is 1. The second kappa shape index (κ2) is 5.77. The first-order valence-electron chi connectivity index (χ1n) is 6.87. The highest BCUT2D eigenvalue weighted by atomic mass is 19.1. The summed E-state index contributed by atoms with van der Waals surface area (Å²) in [5, 5.41) is 3.21. The van der Waals surface area contributed by atoms with E-state index in [4.69, 9.17) is 0 Å². The van der Waals surface area contributed by atoms with E-state index in [2.05, 4.69) is 11.9 Å². The lowest BCUT2D eigenvalue weighted by Gasteiger charge is -2.20. The average Bonchev–Trinajstić information content (AvgIpc) is 2.62. The van der Waals surface area contributed by atoms with Crippen molar-refractivity contribution in [2.45, 2.75) is 26.8 Å². The number of nitrogens with one attached hydrogen (secondary N) is 1. The third kappa shape index (κ3) is 3.03. The van der Waals surface area contributed by atoms with E-state index in [1.807, 2.05) is 13.8 Å². The quantitative estimate of drug-likeness (QED) is 0.668. The molecule has 112 valence electrons. The molecule has 0 unspecified atom stereocenters. The van der Waals surface area contributed by atoms with Crippen LogP contribution in [0.4, 0.5) is 10.1 Å². The molecule has 1 N–H and O–H groups in total. The van der Waals surface area contributed by atoms with Gasteiger partial charge in [0.1, 0.15) is 5.82 Å². The van der Waals surface area contributed by atoms with Crippen LogP contribution in [0.2, 0.25) is 0 Å². The highest BCUT2D eigenvalue weighted by Crippen LogP contribution is 2.33. The Kier molecular flexibility index (Phi) is 4.23. The van der Waals surface area contributed by atoms with Crippen molar-refractivity contribution >= 4 is 17.4 Å². The maximum absolute atomic E-state index is 13.4. The monoisotopic (exact) mass is 290 g/mol. The molecule has 5 heteroatoms. The predicted molar refractivity (Wildman–Crippen MR) is 80.1 cm³/mol. The molecule has 4 nitrogen and oxygen atoms in total. The van der Waals surface area contributed by atoms with Gasteiger partial charge in [0.25, 0.3) is 11.7 Å². The van der Waals surface area contributed by atoms with Gasteiger partial charge in [-0.3, -0.25) is 9.59 Å². The number of rotatable bonds is 5. The van der Waals surface area contributed by atoms with E-state index in [0.717, 1.165) is 11.6 Å². The summed E-state index contributed by atoms with van der Waals surface area (Å²) in [4.78, 5) is 25.4. The van der Waals surface area contributed by atoms with Gasteiger partial charge in [-0.05, 0) is 30.2 Å². The van der Waals surface area contributed by atoms with Crippen LogP contribution in [-0.2, 0) is 4.79 Å². The van der Waals surface area contributed by atoms with Crippen LogP contribution in [0.3, 0.4) is 0 Å². The summed E-state index contributed by atoms with van der Waals surface area (Å²) in [6.45, 7) is 10.5. The third-order valence-corrected chi connectivity index (χ3v) is 3.36. The second-order valence-corrected chi connectivity index (χ2v) is 5.62. The summed E-state index contributed by atoms with van der Waals surface area (Å²) in [7, 11) is 0. The van der Waals surface area contributed by atoms with Gasteiger partial charge in [0.2, 0.25) is 0 Å². The fourth-order valence-corrected chi connectivity index (χ4v) is 2.39. The van der Waals surface area contributed by atoms with Gasteiger partial charge in [-0.2, -0.15) is 0 Å². The Bertz CT molecular complexity index is 623. The minimum atomic E-state index is -0.655. The number of amides is 1. The van der Waals surface area contributed by atoms with Gasteiger partial charge in [-0.15, -0.1) is 0 Å². The van der Waals surface area contributed by atoms with Crippen molar-refractivity contribution in [3.8, 4) is 0 Å². The lowest BCUT2D eigenvalue weighted by molar-refractivity contribution is -0.114. The highest BCUT2D eigenvalue weighted by molar-refractivity contribution is 6.52. The Morgan fingerprint density at radius 2 is 2.05 bits per heavy atom. The number of Topliss-reactive ketones (excluding diaryl/α,β-unsaturated/α-hetero) is 1. The van der Waals surface area contributed by atoms with Crippen molar-refractivity contribution in [2.24, 2.45) is 0 Å². The van der Waals surface area contributed by atoms with Gasteiger partial charge in [0, 0.05) is 19.1 Å². The smallest absolute Gasteiger partial charge is 0.299 e. The van der Waals surface area contributed by atoms with E-state index in [1.165, 1.54) is 11.0 Å². The molecule has 2 rings (SSSR count). The Morgan fingerprint density at radius 1 is 1.38 bits per heavy atom. The van der Waals surface area contributed by atoms with Crippen molar-refractivity contribution in [1.29, 1.82) is 0 Å². The normalized spacial score (nSPS) is 14.0. The van der Waals surface area contributed by atoms with Crippen LogP contribution in [0.5, 0.6) is 0 Å². The summed E-state index contributed by atoms with van der Waals surface area (Å²) in [6.07, 6.45) is 0. The first-order valence-corrected chi connectivity index (χ1v) is 6.87. The van der Waals surface area contributed by atoms with Crippen molar-refractivity contribution in [1.82, 2.24) is 5.32 Å². The van der Waals surface area contributed by atoms with Crippen molar-refractivity contribution in [3.63, 3.8) is 0 Å². The molecule has 0 fully saturated rings. The minimum absolute atomic E-state index is 0.141. The van der Waals surface area contributed by atoms with Gasteiger partial charge >= 0.3 is 0 Å². The van der Waals surface area contributed by atoms with Crippen LogP contribution >= 0.6 is 0 Å². The van der Waals surface area contributed by atoms with Gasteiger partial charge in [0.15, 0.2) is 0 Å². The van der Waals surface area contributed by atoms with Crippen molar-refractivity contribution in [3.05, 3.63) is 41.2 Å². The first-order chi connectivity index (χ1) is 9.81. The zero-order valence-corrected chi connectivity index (χ0v) is 12.5. The number of benzene rings is 1. The molecule has 1 aromatic carbocycles. The Hall–Kier alpha value is -2.01. The van der Waals surface area contributed by atoms with E-state index in [-0.39, 0.29) is 12.1 Å². The Morgan fingerprint density at radius 3 is 2.67 bits per heavy atom. The van der Waals surface area contributed by atoms with Gasteiger partial charge in [-0.1, -0.05) is 20.4 Å². The van der Waals surface area contributed by atoms with Gasteiger partial charge in [0.05, 0.1) is 11.3 Å². The molecule has 1 aliphatic heterocycles. The number of ketones is 1. The van der Waals surface area contributed by atoms with Crippen LogP contribution < -0.4 is 10.2 Å². The van der Waals surface area contributed by atoms with E-state index >= 15 is 0 Å². The SMILES string of the molecule is C=C(CNC(C)C)CN1C(=O)C(=O)c2cc(F)cc(C)c21. The second-order valence-electron chi connectivity index (χ2n) is 5.62. The fraction of sp³-hybridized carbons (Fsp3) is 0.375. The number of carbonyl (C=O) groups is 2. The molecular formula is C16H19FN2O2. The van der Waals surface area contributed by atoms with E-state index in [0.29, 0.717) is 23.8 Å². The number of carbonyl (C=O) groups excluding carboxylic acids is 2. The Balaban J connectivity index is 2.25. The number of anilines is 1. The summed E-state index contributed by atoms with van der Waals surface area (Å²) in [5.74, 6) is -1.78. The molecule has 21 heavy (non-hydrogen) atoms. The maximum atomic E-state index is 13.4. The Labute approximate surface area is 123 Å². The molecule has 0 aromatic heterocycles. The maximum Gasteiger partial charge on any atom is 0.299 e. The van der Waals surface area contributed by atoms with Gasteiger partial charge in [-0.25, -0.2) is 4.39 Å².